The number of thioether (sulfide) groups is 1. The molecule has 0 spiro atoms. The van der Waals surface area contributed by atoms with Crippen molar-refractivity contribution in [2.75, 3.05) is 23.4 Å². The van der Waals surface area contributed by atoms with E-state index in [-0.39, 0.29) is 6.10 Å². The van der Waals surface area contributed by atoms with Crippen molar-refractivity contribution in [3.8, 4) is 5.75 Å². The van der Waals surface area contributed by atoms with Crippen molar-refractivity contribution in [3.63, 3.8) is 0 Å². The van der Waals surface area contributed by atoms with E-state index in [0.717, 1.165) is 29.4 Å². The Bertz CT molecular complexity index is 482. The Balaban J connectivity index is 1.88. The SMILES string of the molecule is CC(C)Oc1ccc(NC(N)=NCC2(O)CCSC2)cc1. The van der Waals surface area contributed by atoms with Crippen LogP contribution in [0.15, 0.2) is 29.3 Å². The summed E-state index contributed by atoms with van der Waals surface area (Å²) >= 11 is 1.75. The number of nitrogens with one attached hydrogen (secondary N) is 1. The van der Waals surface area contributed by atoms with Crippen LogP contribution >= 0.6 is 11.8 Å². The summed E-state index contributed by atoms with van der Waals surface area (Å²) in [5, 5.41) is 13.2. The molecule has 21 heavy (non-hydrogen) atoms. The molecule has 5 nitrogen and oxygen atoms in total. The Labute approximate surface area is 130 Å². The van der Waals surface area contributed by atoms with Gasteiger partial charge in [0.25, 0.3) is 0 Å². The van der Waals surface area contributed by atoms with E-state index in [9.17, 15) is 5.11 Å². The van der Waals surface area contributed by atoms with Gasteiger partial charge in [0.15, 0.2) is 5.96 Å². The highest BCUT2D eigenvalue weighted by atomic mass is 32.2. The summed E-state index contributed by atoms with van der Waals surface area (Å²) in [6.45, 7) is 4.32. The Morgan fingerprint density at radius 1 is 1.48 bits per heavy atom. The van der Waals surface area contributed by atoms with E-state index in [4.69, 9.17) is 10.5 Å². The van der Waals surface area contributed by atoms with E-state index < -0.39 is 5.60 Å². The molecule has 6 heteroatoms. The van der Waals surface area contributed by atoms with Gasteiger partial charge in [0.2, 0.25) is 0 Å². The molecule has 1 fully saturated rings. The fourth-order valence-corrected chi connectivity index (χ4v) is 3.31. The van der Waals surface area contributed by atoms with Crippen LogP contribution in [0.4, 0.5) is 5.69 Å². The molecule has 0 radical (unpaired) electrons. The third kappa shape index (κ3) is 5.13. The van der Waals surface area contributed by atoms with E-state index in [2.05, 4.69) is 10.3 Å². The number of guanidine groups is 1. The van der Waals surface area contributed by atoms with Crippen LogP contribution in [-0.4, -0.2) is 40.8 Å². The summed E-state index contributed by atoms with van der Waals surface area (Å²) in [6.07, 6.45) is 0.927. The molecule has 1 aliphatic heterocycles. The first kappa shape index (κ1) is 16.0. The largest absolute Gasteiger partial charge is 0.491 e. The van der Waals surface area contributed by atoms with Crippen molar-refractivity contribution in [2.45, 2.75) is 32.0 Å². The molecule has 116 valence electrons. The zero-order valence-electron chi connectivity index (χ0n) is 12.5. The molecule has 4 N–H and O–H groups in total. The third-order valence-corrected chi connectivity index (χ3v) is 4.36. The second kappa shape index (κ2) is 7.04. The summed E-state index contributed by atoms with van der Waals surface area (Å²) in [6, 6.07) is 7.55. The molecule has 1 unspecified atom stereocenters. The summed E-state index contributed by atoms with van der Waals surface area (Å²) in [5.41, 5.74) is 6.00. The van der Waals surface area contributed by atoms with E-state index in [1.807, 2.05) is 38.1 Å². The highest BCUT2D eigenvalue weighted by Gasteiger charge is 2.31. The van der Waals surface area contributed by atoms with Crippen LogP contribution in [0.1, 0.15) is 20.3 Å². The lowest BCUT2D eigenvalue weighted by atomic mass is 10.1. The lowest BCUT2D eigenvalue weighted by Crippen LogP contribution is -2.34. The van der Waals surface area contributed by atoms with Gasteiger partial charge in [0, 0.05) is 11.4 Å². The summed E-state index contributed by atoms with van der Waals surface area (Å²) < 4.78 is 5.58. The molecule has 0 aliphatic carbocycles. The number of hydrogen-bond acceptors (Lipinski definition) is 4. The summed E-state index contributed by atoms with van der Waals surface area (Å²) in [4.78, 5) is 4.23. The minimum Gasteiger partial charge on any atom is -0.491 e. The van der Waals surface area contributed by atoms with Gasteiger partial charge >= 0.3 is 0 Å². The van der Waals surface area contributed by atoms with Crippen LogP contribution in [-0.2, 0) is 0 Å². The molecule has 0 bridgehead atoms. The van der Waals surface area contributed by atoms with Gasteiger partial charge in [-0.15, -0.1) is 0 Å². The van der Waals surface area contributed by atoms with Gasteiger partial charge in [-0.3, -0.25) is 4.99 Å². The minimum atomic E-state index is -0.702. The van der Waals surface area contributed by atoms with E-state index in [0.29, 0.717) is 12.5 Å². The van der Waals surface area contributed by atoms with Gasteiger partial charge < -0.3 is 20.9 Å². The fraction of sp³-hybridized carbons (Fsp3) is 0.533. The van der Waals surface area contributed by atoms with Gasteiger partial charge in [0.1, 0.15) is 5.75 Å². The Morgan fingerprint density at radius 3 is 2.76 bits per heavy atom. The molecule has 0 aromatic heterocycles. The maximum absolute atomic E-state index is 10.2. The Kier molecular flexibility index (Phi) is 5.36. The average Bonchev–Trinajstić information content (AvgIpc) is 2.86. The highest BCUT2D eigenvalue weighted by molar-refractivity contribution is 7.99. The van der Waals surface area contributed by atoms with Gasteiger partial charge in [-0.2, -0.15) is 11.8 Å². The number of anilines is 1. The molecule has 1 aromatic carbocycles. The van der Waals surface area contributed by atoms with Crippen LogP contribution in [0.5, 0.6) is 5.75 Å². The zero-order chi connectivity index (χ0) is 15.3. The van der Waals surface area contributed by atoms with Crippen molar-refractivity contribution >= 4 is 23.4 Å². The van der Waals surface area contributed by atoms with Gasteiger partial charge in [-0.25, -0.2) is 0 Å². The summed E-state index contributed by atoms with van der Waals surface area (Å²) in [5.74, 6) is 2.85. The number of ether oxygens (including phenoxy) is 1. The van der Waals surface area contributed by atoms with Gasteiger partial charge in [-0.05, 0) is 50.3 Å². The van der Waals surface area contributed by atoms with Crippen molar-refractivity contribution in [2.24, 2.45) is 10.7 Å². The number of benzene rings is 1. The first-order chi connectivity index (χ1) is 9.97. The zero-order valence-corrected chi connectivity index (χ0v) is 13.3. The molecule has 0 saturated carbocycles. The minimum absolute atomic E-state index is 0.153. The van der Waals surface area contributed by atoms with Crippen molar-refractivity contribution in [1.82, 2.24) is 0 Å². The van der Waals surface area contributed by atoms with E-state index in [1.165, 1.54) is 0 Å². The molecule has 1 heterocycles. The number of hydrogen-bond donors (Lipinski definition) is 3. The van der Waals surface area contributed by atoms with E-state index >= 15 is 0 Å². The monoisotopic (exact) mass is 309 g/mol. The molecule has 1 aromatic rings. The van der Waals surface area contributed by atoms with Gasteiger partial charge in [0.05, 0.1) is 18.2 Å². The summed E-state index contributed by atoms with van der Waals surface area (Å²) in [7, 11) is 0. The molecule has 1 atom stereocenters. The number of aliphatic hydroxyl groups is 1. The predicted octanol–water partition coefficient (Wildman–Crippen LogP) is 2.07. The first-order valence-electron chi connectivity index (χ1n) is 7.11. The topological polar surface area (TPSA) is 79.9 Å². The first-order valence-corrected chi connectivity index (χ1v) is 8.26. The maximum Gasteiger partial charge on any atom is 0.193 e. The van der Waals surface area contributed by atoms with Crippen LogP contribution in [0.3, 0.4) is 0 Å². The van der Waals surface area contributed by atoms with Crippen LogP contribution in [0.2, 0.25) is 0 Å². The lowest BCUT2D eigenvalue weighted by Gasteiger charge is -2.18. The highest BCUT2D eigenvalue weighted by Crippen LogP contribution is 2.27. The molecule has 1 saturated heterocycles. The number of nitrogens with two attached hydrogens (primary N) is 1. The molecular weight excluding hydrogens is 286 g/mol. The second-order valence-corrected chi connectivity index (χ2v) is 6.65. The molecule has 1 aliphatic rings. The van der Waals surface area contributed by atoms with Crippen LogP contribution in [0, 0.1) is 0 Å². The number of nitrogens with zero attached hydrogens (tertiary/aromatic N) is 1. The molecular formula is C15H23N3O2S. The smallest absolute Gasteiger partial charge is 0.193 e. The van der Waals surface area contributed by atoms with Crippen LogP contribution < -0.4 is 15.8 Å². The molecule has 0 amide bonds. The van der Waals surface area contributed by atoms with Gasteiger partial charge in [-0.1, -0.05) is 0 Å². The standard InChI is InChI=1S/C15H23N3O2S/c1-11(2)20-13-5-3-12(4-6-13)18-14(16)17-9-15(19)7-8-21-10-15/h3-6,11,19H,7-10H2,1-2H3,(H3,16,17,18). The Morgan fingerprint density at radius 2 is 2.19 bits per heavy atom. The van der Waals surface area contributed by atoms with Crippen molar-refractivity contribution in [3.05, 3.63) is 24.3 Å². The Hall–Kier alpha value is -1.40. The fourth-order valence-electron chi connectivity index (χ4n) is 2.03. The lowest BCUT2D eigenvalue weighted by molar-refractivity contribution is 0.0780. The predicted molar refractivity (Wildman–Crippen MR) is 89.2 cm³/mol. The van der Waals surface area contributed by atoms with E-state index in [1.54, 1.807) is 11.8 Å². The van der Waals surface area contributed by atoms with Crippen LogP contribution in [0.25, 0.3) is 0 Å². The van der Waals surface area contributed by atoms with Crippen molar-refractivity contribution < 1.29 is 9.84 Å². The normalized spacial score (nSPS) is 22.6. The molecule has 2 rings (SSSR count). The third-order valence-electron chi connectivity index (χ3n) is 3.12. The second-order valence-electron chi connectivity index (χ2n) is 5.54. The maximum atomic E-state index is 10.2. The van der Waals surface area contributed by atoms with Crippen molar-refractivity contribution in [1.29, 1.82) is 0 Å². The average molecular weight is 309 g/mol. The number of rotatable bonds is 5. The quantitative estimate of drug-likeness (QED) is 0.573. The number of aliphatic imine (C=N–C) groups is 1.